The number of hydrogen-bond acceptors (Lipinski definition) is 2. The maximum absolute atomic E-state index is 6.54. The van der Waals surface area contributed by atoms with Gasteiger partial charge in [-0.25, -0.2) is 4.98 Å². The Morgan fingerprint density at radius 3 is 2.52 bits per heavy atom. The number of nitrogens with zero attached hydrogens (tertiary/aromatic N) is 1. The van der Waals surface area contributed by atoms with Gasteiger partial charge in [-0.2, -0.15) is 0 Å². The van der Waals surface area contributed by atoms with Crippen molar-refractivity contribution in [3.8, 4) is 0 Å². The monoisotopic (exact) mass is 347 g/mol. The number of benzene rings is 2. The highest BCUT2D eigenvalue weighted by atomic mass is 35.5. The Hall–Kier alpha value is -2.78. The van der Waals surface area contributed by atoms with E-state index >= 15 is 0 Å². The lowest BCUT2D eigenvalue weighted by Crippen LogP contribution is -2.14. The summed E-state index contributed by atoms with van der Waals surface area (Å²) in [6.45, 7) is 2.10. The standard InChI is InChI=1S/C21H18ClN3/c1-14-20(16-9-3-5-11-18(16)24-14)21(15-8-2-4-10-17(15)22)25-19-12-6-7-13-23-19/h2-13,21,24H,1H3,(H,23,25). The highest BCUT2D eigenvalue weighted by Gasteiger charge is 2.22. The van der Waals surface area contributed by atoms with Crippen LogP contribution in [-0.2, 0) is 0 Å². The lowest BCUT2D eigenvalue weighted by molar-refractivity contribution is 0.922. The van der Waals surface area contributed by atoms with Crippen molar-refractivity contribution in [1.29, 1.82) is 0 Å². The van der Waals surface area contributed by atoms with Gasteiger partial charge in [0.15, 0.2) is 0 Å². The van der Waals surface area contributed by atoms with Crippen LogP contribution in [0.4, 0.5) is 5.82 Å². The van der Waals surface area contributed by atoms with Crippen LogP contribution in [0.1, 0.15) is 22.9 Å². The first-order valence-electron chi connectivity index (χ1n) is 8.23. The number of anilines is 1. The number of halogens is 1. The van der Waals surface area contributed by atoms with Gasteiger partial charge in [0.25, 0.3) is 0 Å². The molecular formula is C21H18ClN3. The largest absolute Gasteiger partial charge is 0.359 e. The van der Waals surface area contributed by atoms with E-state index < -0.39 is 0 Å². The van der Waals surface area contributed by atoms with Gasteiger partial charge >= 0.3 is 0 Å². The molecule has 0 aliphatic heterocycles. The Labute approximate surface area is 151 Å². The third-order valence-electron chi connectivity index (χ3n) is 4.41. The fourth-order valence-electron chi connectivity index (χ4n) is 3.28. The Morgan fingerprint density at radius 2 is 1.72 bits per heavy atom. The molecule has 0 amide bonds. The van der Waals surface area contributed by atoms with Crippen LogP contribution in [-0.4, -0.2) is 9.97 Å². The van der Waals surface area contributed by atoms with Gasteiger partial charge in [0.05, 0.1) is 6.04 Å². The van der Waals surface area contributed by atoms with Gasteiger partial charge in [-0.05, 0) is 36.8 Å². The van der Waals surface area contributed by atoms with Crippen LogP contribution >= 0.6 is 11.6 Å². The van der Waals surface area contributed by atoms with Crippen LogP contribution in [0, 0.1) is 6.92 Å². The van der Waals surface area contributed by atoms with E-state index in [-0.39, 0.29) is 6.04 Å². The molecule has 4 heteroatoms. The number of para-hydroxylation sites is 1. The number of aromatic nitrogens is 2. The molecule has 0 radical (unpaired) electrons. The Bertz CT molecular complexity index is 1010. The fraction of sp³-hybridized carbons (Fsp3) is 0.0952. The molecule has 1 atom stereocenters. The van der Waals surface area contributed by atoms with Crippen molar-refractivity contribution in [3.05, 3.63) is 94.8 Å². The summed E-state index contributed by atoms with van der Waals surface area (Å²) in [5.41, 5.74) is 4.46. The van der Waals surface area contributed by atoms with Crippen LogP contribution in [0.25, 0.3) is 10.9 Å². The van der Waals surface area contributed by atoms with Crippen molar-refractivity contribution in [1.82, 2.24) is 9.97 Å². The van der Waals surface area contributed by atoms with E-state index in [1.54, 1.807) is 6.20 Å². The number of rotatable bonds is 4. The molecule has 3 nitrogen and oxygen atoms in total. The zero-order valence-corrected chi connectivity index (χ0v) is 14.6. The zero-order valence-electron chi connectivity index (χ0n) is 13.8. The average molecular weight is 348 g/mol. The molecule has 4 aromatic rings. The summed E-state index contributed by atoms with van der Waals surface area (Å²) < 4.78 is 0. The van der Waals surface area contributed by atoms with E-state index in [2.05, 4.69) is 46.5 Å². The van der Waals surface area contributed by atoms with Crippen LogP contribution < -0.4 is 5.32 Å². The Morgan fingerprint density at radius 1 is 0.960 bits per heavy atom. The maximum Gasteiger partial charge on any atom is 0.126 e. The van der Waals surface area contributed by atoms with Gasteiger partial charge in [-0.15, -0.1) is 0 Å². The molecule has 4 rings (SSSR count). The summed E-state index contributed by atoms with van der Waals surface area (Å²) in [6.07, 6.45) is 1.79. The second-order valence-electron chi connectivity index (χ2n) is 6.02. The third-order valence-corrected chi connectivity index (χ3v) is 4.75. The minimum atomic E-state index is -0.0975. The molecule has 2 aromatic carbocycles. The minimum Gasteiger partial charge on any atom is -0.359 e. The first-order valence-corrected chi connectivity index (χ1v) is 8.61. The molecule has 2 heterocycles. The Kier molecular flexibility index (Phi) is 4.16. The second-order valence-corrected chi connectivity index (χ2v) is 6.43. The molecule has 25 heavy (non-hydrogen) atoms. The number of hydrogen-bond donors (Lipinski definition) is 2. The van der Waals surface area contributed by atoms with Gasteiger partial charge in [0, 0.05) is 33.4 Å². The first-order chi connectivity index (χ1) is 12.2. The molecule has 0 spiro atoms. The van der Waals surface area contributed by atoms with Gasteiger partial charge in [-0.3, -0.25) is 0 Å². The van der Waals surface area contributed by atoms with Crippen molar-refractivity contribution in [2.45, 2.75) is 13.0 Å². The van der Waals surface area contributed by atoms with E-state index in [0.29, 0.717) is 0 Å². The first kappa shape index (κ1) is 15.7. The predicted octanol–water partition coefficient (Wildman–Crippen LogP) is 5.73. The number of aromatic amines is 1. The minimum absolute atomic E-state index is 0.0975. The molecule has 0 aliphatic carbocycles. The Balaban J connectivity index is 1.91. The SMILES string of the molecule is Cc1[nH]c2ccccc2c1C(Nc1ccccn1)c1ccccc1Cl. The van der Waals surface area contributed by atoms with E-state index in [1.165, 1.54) is 10.9 Å². The molecule has 0 fully saturated rings. The van der Waals surface area contributed by atoms with E-state index in [1.807, 2.05) is 42.5 Å². The topological polar surface area (TPSA) is 40.7 Å². The highest BCUT2D eigenvalue weighted by molar-refractivity contribution is 6.31. The average Bonchev–Trinajstić information content (AvgIpc) is 2.97. The summed E-state index contributed by atoms with van der Waals surface area (Å²) in [6, 6.07) is 22.0. The van der Waals surface area contributed by atoms with Crippen molar-refractivity contribution in [2.24, 2.45) is 0 Å². The van der Waals surface area contributed by atoms with E-state index in [0.717, 1.165) is 27.6 Å². The summed E-state index contributed by atoms with van der Waals surface area (Å²) in [5.74, 6) is 0.817. The molecule has 0 aliphatic rings. The van der Waals surface area contributed by atoms with Crippen LogP contribution in [0.15, 0.2) is 72.9 Å². The van der Waals surface area contributed by atoms with Gasteiger partial charge in [-0.1, -0.05) is 54.1 Å². The molecule has 2 N–H and O–H groups in total. The molecule has 124 valence electrons. The van der Waals surface area contributed by atoms with Crippen molar-refractivity contribution < 1.29 is 0 Å². The molecule has 1 unspecified atom stereocenters. The smallest absolute Gasteiger partial charge is 0.126 e. The summed E-state index contributed by atoms with van der Waals surface area (Å²) in [7, 11) is 0. The van der Waals surface area contributed by atoms with Crippen molar-refractivity contribution in [2.75, 3.05) is 5.32 Å². The van der Waals surface area contributed by atoms with Gasteiger partial charge < -0.3 is 10.3 Å². The van der Waals surface area contributed by atoms with Crippen LogP contribution in [0.2, 0.25) is 5.02 Å². The molecule has 0 saturated carbocycles. The van der Waals surface area contributed by atoms with Crippen molar-refractivity contribution in [3.63, 3.8) is 0 Å². The molecule has 0 saturated heterocycles. The lowest BCUT2D eigenvalue weighted by atomic mass is 9.96. The quantitative estimate of drug-likeness (QED) is 0.495. The summed E-state index contributed by atoms with van der Waals surface area (Å²) >= 11 is 6.54. The lowest BCUT2D eigenvalue weighted by Gasteiger charge is -2.22. The van der Waals surface area contributed by atoms with Crippen molar-refractivity contribution >= 4 is 28.3 Å². The number of H-pyrrole nitrogens is 1. The third kappa shape index (κ3) is 2.99. The molecular weight excluding hydrogens is 330 g/mol. The summed E-state index contributed by atoms with van der Waals surface area (Å²) in [5, 5.41) is 5.48. The molecule has 2 aromatic heterocycles. The van der Waals surface area contributed by atoms with E-state index in [4.69, 9.17) is 11.6 Å². The number of pyridine rings is 1. The second kappa shape index (κ2) is 6.61. The maximum atomic E-state index is 6.54. The van der Waals surface area contributed by atoms with Gasteiger partial charge in [0.1, 0.15) is 5.82 Å². The van der Waals surface area contributed by atoms with Gasteiger partial charge in [0.2, 0.25) is 0 Å². The fourth-order valence-corrected chi connectivity index (χ4v) is 3.53. The number of fused-ring (bicyclic) bond motifs is 1. The highest BCUT2D eigenvalue weighted by Crippen LogP contribution is 2.36. The number of aryl methyl sites for hydroxylation is 1. The molecule has 0 bridgehead atoms. The van der Waals surface area contributed by atoms with E-state index in [9.17, 15) is 0 Å². The van der Waals surface area contributed by atoms with Crippen LogP contribution in [0.3, 0.4) is 0 Å². The zero-order chi connectivity index (χ0) is 17.2. The predicted molar refractivity (Wildman–Crippen MR) is 104 cm³/mol. The van der Waals surface area contributed by atoms with Crippen LogP contribution in [0.5, 0.6) is 0 Å². The number of nitrogens with one attached hydrogen (secondary N) is 2. The normalized spacial score (nSPS) is 12.2. The summed E-state index contributed by atoms with van der Waals surface area (Å²) in [4.78, 5) is 7.91.